The minimum atomic E-state index is -0.599. The molecular weight excluding hydrogens is 182 g/mol. The molecule has 0 aromatic rings. The minimum absolute atomic E-state index is 0.138. The number of nitrogens with two attached hydrogens (primary N) is 1. The summed E-state index contributed by atoms with van der Waals surface area (Å²) in [6, 6.07) is 0.138. The van der Waals surface area contributed by atoms with Gasteiger partial charge in [0.15, 0.2) is 0 Å². The van der Waals surface area contributed by atoms with E-state index in [9.17, 15) is 9.59 Å². The van der Waals surface area contributed by atoms with E-state index >= 15 is 0 Å². The summed E-state index contributed by atoms with van der Waals surface area (Å²) in [5.41, 5.74) is 5.33. The van der Waals surface area contributed by atoms with E-state index in [1.165, 1.54) is 0 Å². The van der Waals surface area contributed by atoms with Gasteiger partial charge in [0.25, 0.3) is 0 Å². The molecule has 2 amide bonds. The molecule has 1 unspecified atom stereocenters. The number of carbonyl (C=O) groups excluding carboxylic acids is 2. The molecule has 0 spiro atoms. The van der Waals surface area contributed by atoms with Crippen LogP contribution in [-0.2, 0) is 9.59 Å². The van der Waals surface area contributed by atoms with E-state index in [2.05, 4.69) is 24.5 Å². The first-order valence-electron chi connectivity index (χ1n) is 4.76. The molecule has 1 fully saturated rings. The van der Waals surface area contributed by atoms with Gasteiger partial charge < -0.3 is 16.4 Å². The third kappa shape index (κ3) is 2.70. The monoisotopic (exact) mass is 199 g/mol. The van der Waals surface area contributed by atoms with E-state index in [1.54, 1.807) is 0 Å². The van der Waals surface area contributed by atoms with Crippen molar-refractivity contribution in [2.24, 2.45) is 11.1 Å². The Morgan fingerprint density at radius 2 is 2.00 bits per heavy atom. The maximum absolute atomic E-state index is 11.2. The van der Waals surface area contributed by atoms with Crippen molar-refractivity contribution in [3.8, 4) is 0 Å². The van der Waals surface area contributed by atoms with Crippen molar-refractivity contribution >= 4 is 11.8 Å². The highest BCUT2D eigenvalue weighted by atomic mass is 16.2. The van der Waals surface area contributed by atoms with Gasteiger partial charge in [-0.25, -0.2) is 0 Å². The van der Waals surface area contributed by atoms with Crippen molar-refractivity contribution in [3.05, 3.63) is 0 Å². The highest BCUT2D eigenvalue weighted by Crippen LogP contribution is 2.44. The van der Waals surface area contributed by atoms with E-state index in [0.717, 1.165) is 6.42 Å². The molecule has 1 aliphatic carbocycles. The smallest absolute Gasteiger partial charge is 0.309 e. The van der Waals surface area contributed by atoms with Gasteiger partial charge in [-0.15, -0.1) is 0 Å². The summed E-state index contributed by atoms with van der Waals surface area (Å²) in [6.45, 7) is 4.78. The lowest BCUT2D eigenvalue weighted by Gasteiger charge is -2.06. The molecule has 0 heterocycles. The Balaban J connectivity index is 2.25. The molecule has 1 saturated carbocycles. The zero-order valence-corrected chi connectivity index (χ0v) is 8.59. The van der Waals surface area contributed by atoms with Crippen LogP contribution in [0.5, 0.6) is 0 Å². The highest BCUT2D eigenvalue weighted by Gasteiger charge is 2.47. The van der Waals surface area contributed by atoms with Crippen LogP contribution in [0.25, 0.3) is 0 Å². The Morgan fingerprint density at radius 1 is 1.43 bits per heavy atom. The Bertz CT molecular complexity index is 250. The van der Waals surface area contributed by atoms with E-state index in [0.29, 0.717) is 13.1 Å². The van der Waals surface area contributed by atoms with Gasteiger partial charge in [0, 0.05) is 19.1 Å². The van der Waals surface area contributed by atoms with Gasteiger partial charge >= 0.3 is 11.8 Å². The number of carbonyl (C=O) groups is 2. The molecule has 1 aliphatic rings. The third-order valence-electron chi connectivity index (χ3n) is 2.45. The first-order chi connectivity index (χ1) is 6.47. The highest BCUT2D eigenvalue weighted by molar-refractivity contribution is 6.35. The second-order valence-corrected chi connectivity index (χ2v) is 4.26. The largest absolute Gasteiger partial charge is 0.347 e. The lowest BCUT2D eigenvalue weighted by atomic mass is 10.2. The van der Waals surface area contributed by atoms with Crippen LogP contribution < -0.4 is 16.4 Å². The fraction of sp³-hybridized carbons (Fsp3) is 0.778. The number of rotatable bonds is 3. The summed E-state index contributed by atoms with van der Waals surface area (Å²) in [6.07, 6.45) is 0.933. The second kappa shape index (κ2) is 3.96. The van der Waals surface area contributed by atoms with Crippen LogP contribution in [0.3, 0.4) is 0 Å². The van der Waals surface area contributed by atoms with Crippen molar-refractivity contribution in [3.63, 3.8) is 0 Å². The van der Waals surface area contributed by atoms with Gasteiger partial charge in [-0.05, 0) is 11.8 Å². The van der Waals surface area contributed by atoms with Crippen molar-refractivity contribution < 1.29 is 9.59 Å². The molecule has 14 heavy (non-hydrogen) atoms. The van der Waals surface area contributed by atoms with Gasteiger partial charge in [0.05, 0.1) is 0 Å². The van der Waals surface area contributed by atoms with E-state index in [-0.39, 0.29) is 11.5 Å². The van der Waals surface area contributed by atoms with E-state index in [4.69, 9.17) is 5.73 Å². The lowest BCUT2D eigenvalue weighted by molar-refractivity contribution is -0.139. The van der Waals surface area contributed by atoms with Crippen molar-refractivity contribution in [1.29, 1.82) is 0 Å². The van der Waals surface area contributed by atoms with Crippen LogP contribution >= 0.6 is 0 Å². The maximum Gasteiger partial charge on any atom is 0.309 e. The molecule has 0 aromatic carbocycles. The maximum atomic E-state index is 11.2. The molecule has 80 valence electrons. The lowest BCUT2D eigenvalue weighted by Crippen LogP contribution is -2.43. The molecule has 4 N–H and O–H groups in total. The summed E-state index contributed by atoms with van der Waals surface area (Å²) in [7, 11) is 0. The van der Waals surface area contributed by atoms with Gasteiger partial charge in [-0.1, -0.05) is 13.8 Å². The second-order valence-electron chi connectivity index (χ2n) is 4.26. The zero-order valence-electron chi connectivity index (χ0n) is 8.59. The predicted molar refractivity (Wildman–Crippen MR) is 52.4 cm³/mol. The van der Waals surface area contributed by atoms with Crippen LogP contribution in [0, 0.1) is 5.41 Å². The fourth-order valence-electron chi connectivity index (χ4n) is 1.20. The standard InChI is InChI=1S/C9H17N3O2/c1-9(2)5-6(9)12-8(14)7(13)11-4-3-10/h6H,3-5,10H2,1-2H3,(H,11,13)(H,12,14). The molecule has 0 aliphatic heterocycles. The van der Waals surface area contributed by atoms with Crippen LogP contribution in [0.4, 0.5) is 0 Å². The van der Waals surface area contributed by atoms with Crippen molar-refractivity contribution in [2.45, 2.75) is 26.3 Å². The van der Waals surface area contributed by atoms with Crippen LogP contribution in [0.15, 0.2) is 0 Å². The van der Waals surface area contributed by atoms with Gasteiger partial charge in [0.1, 0.15) is 0 Å². The SMILES string of the molecule is CC1(C)CC1NC(=O)C(=O)NCCN. The molecule has 1 atom stereocenters. The molecule has 0 aromatic heterocycles. The number of hydrogen-bond donors (Lipinski definition) is 3. The first kappa shape index (κ1) is 11.0. The average Bonchev–Trinajstić information content (AvgIpc) is 2.69. The topological polar surface area (TPSA) is 84.2 Å². The number of amides is 2. The molecule has 5 heteroatoms. The minimum Gasteiger partial charge on any atom is -0.347 e. The fourth-order valence-corrected chi connectivity index (χ4v) is 1.20. The quantitative estimate of drug-likeness (QED) is 0.508. The van der Waals surface area contributed by atoms with Gasteiger partial charge in [-0.3, -0.25) is 9.59 Å². The predicted octanol–water partition coefficient (Wildman–Crippen LogP) is -1.02. The summed E-state index contributed by atoms with van der Waals surface area (Å²) in [4.78, 5) is 22.3. The molecule has 0 radical (unpaired) electrons. The summed E-state index contributed by atoms with van der Waals surface area (Å²) in [5.74, 6) is -1.16. The Labute approximate surface area is 83.4 Å². The molecule has 1 rings (SSSR count). The normalized spacial score (nSPS) is 22.6. The van der Waals surface area contributed by atoms with Gasteiger partial charge in [-0.2, -0.15) is 0 Å². The summed E-state index contributed by atoms with van der Waals surface area (Å²) in [5, 5.41) is 5.08. The van der Waals surface area contributed by atoms with Gasteiger partial charge in [0.2, 0.25) is 0 Å². The molecule has 0 bridgehead atoms. The molecular formula is C9H17N3O2. The summed E-state index contributed by atoms with van der Waals surface area (Å²) < 4.78 is 0. The average molecular weight is 199 g/mol. The van der Waals surface area contributed by atoms with Crippen molar-refractivity contribution in [2.75, 3.05) is 13.1 Å². The van der Waals surface area contributed by atoms with Crippen LogP contribution in [0.1, 0.15) is 20.3 Å². The first-order valence-corrected chi connectivity index (χ1v) is 4.76. The van der Waals surface area contributed by atoms with E-state index in [1.807, 2.05) is 0 Å². The van der Waals surface area contributed by atoms with Crippen molar-refractivity contribution in [1.82, 2.24) is 10.6 Å². The third-order valence-corrected chi connectivity index (χ3v) is 2.45. The Kier molecular flexibility index (Phi) is 3.10. The molecule has 5 nitrogen and oxygen atoms in total. The summed E-state index contributed by atoms with van der Waals surface area (Å²) >= 11 is 0. The van der Waals surface area contributed by atoms with Crippen LogP contribution in [-0.4, -0.2) is 30.9 Å². The molecule has 0 saturated heterocycles. The van der Waals surface area contributed by atoms with E-state index < -0.39 is 11.8 Å². The number of nitrogens with one attached hydrogen (secondary N) is 2. The zero-order chi connectivity index (χ0) is 10.8. The Hall–Kier alpha value is -1.10. The van der Waals surface area contributed by atoms with Crippen LogP contribution in [0.2, 0.25) is 0 Å². The number of hydrogen-bond acceptors (Lipinski definition) is 3. The Morgan fingerprint density at radius 3 is 2.43 bits per heavy atom.